The Labute approximate surface area is 438 Å². The number of amides is 1. The number of thiophene rings is 1. The van der Waals surface area contributed by atoms with Crippen LogP contribution in [0.4, 0.5) is 50.1 Å². The Morgan fingerprint density at radius 3 is 1.95 bits per heavy atom. The molecule has 0 aliphatic carbocycles. The Morgan fingerprint density at radius 2 is 1.32 bits per heavy atom. The summed E-state index contributed by atoms with van der Waals surface area (Å²) < 4.78 is 104. The first kappa shape index (κ1) is 54.5. The zero-order valence-electron chi connectivity index (χ0n) is 38.9. The van der Waals surface area contributed by atoms with Crippen LogP contribution in [0.2, 0.25) is 10.0 Å². The van der Waals surface area contributed by atoms with Crippen LogP contribution >= 0.6 is 34.5 Å². The van der Waals surface area contributed by atoms with Crippen LogP contribution in [0.25, 0.3) is 21.9 Å². The number of rotatable bonds is 18. The number of hydrogen-bond acceptors (Lipinski definition) is 17. The van der Waals surface area contributed by atoms with Crippen molar-refractivity contribution in [2.45, 2.75) is 61.1 Å². The summed E-state index contributed by atoms with van der Waals surface area (Å²) in [6.07, 6.45) is 3.14. The van der Waals surface area contributed by atoms with Gasteiger partial charge in [-0.2, -0.15) is 35.8 Å². The van der Waals surface area contributed by atoms with Gasteiger partial charge in [0.2, 0.25) is 5.91 Å². The van der Waals surface area contributed by atoms with Gasteiger partial charge >= 0.3 is 0 Å². The number of nitrogens with one attached hydrogen (secondary N) is 3. The topological polar surface area (TPSA) is 326 Å². The van der Waals surface area contributed by atoms with E-state index in [0.717, 1.165) is 48.4 Å². The van der Waals surface area contributed by atoms with Gasteiger partial charge in [-0.3, -0.25) is 18.5 Å². The van der Waals surface area contributed by atoms with E-state index in [0.29, 0.717) is 34.8 Å². The molecule has 380 valence electrons. The maximum Gasteiger partial charge on any atom is 0.296 e. The number of anilines is 5. The first-order chi connectivity index (χ1) is 35.0. The summed E-state index contributed by atoms with van der Waals surface area (Å²) in [7, 11) is -14.7. The molecule has 0 saturated heterocycles. The molecule has 7 rings (SSSR count). The number of carbonyl (C=O) groups excluding carboxylic acids is 1. The Balaban J connectivity index is 1.39. The molecule has 20 nitrogen and oxygen atoms in total. The van der Waals surface area contributed by atoms with E-state index in [-0.39, 0.29) is 88.6 Å². The molecule has 2 heterocycles. The third-order valence-electron chi connectivity index (χ3n) is 11.3. The molecule has 5 aromatic carbocycles. The summed E-state index contributed by atoms with van der Waals surface area (Å²) in [5.41, 5.74) is 1.23. The highest BCUT2D eigenvalue weighted by atomic mass is 35.5. The predicted molar refractivity (Wildman–Crippen MR) is 281 cm³/mol. The van der Waals surface area contributed by atoms with Crippen molar-refractivity contribution < 1.29 is 43.7 Å². The minimum atomic E-state index is -5.03. The molecule has 1 unspecified atom stereocenters. The number of unbranched alkanes of at least 4 members (excludes halogenated alkanes) is 1. The Kier molecular flexibility index (Phi) is 16.6. The second-order valence-electron chi connectivity index (χ2n) is 16.2. The molecule has 0 saturated carbocycles. The van der Waals surface area contributed by atoms with E-state index in [4.69, 9.17) is 23.2 Å². The fourth-order valence-electron chi connectivity index (χ4n) is 7.58. The second-order valence-corrected chi connectivity index (χ2v) is 22.2. The average molecular weight is 1120 g/mol. The molecule has 0 aliphatic rings. The van der Waals surface area contributed by atoms with Crippen LogP contribution in [0.3, 0.4) is 0 Å². The first-order valence-electron chi connectivity index (χ1n) is 21.9. The van der Waals surface area contributed by atoms with Crippen LogP contribution in [-0.2, 0) is 35.1 Å². The number of benzene rings is 5. The summed E-state index contributed by atoms with van der Waals surface area (Å²) in [6, 6.07) is 26.3. The molecule has 7 aromatic rings. The Morgan fingerprint density at radius 1 is 0.703 bits per heavy atom. The Bertz CT molecular complexity index is 3860. The summed E-state index contributed by atoms with van der Waals surface area (Å²) >= 11 is 13.0. The van der Waals surface area contributed by atoms with Crippen LogP contribution < -0.4 is 16.0 Å². The number of pyridine rings is 1. The maximum atomic E-state index is 13.2. The zero-order valence-corrected chi connectivity index (χ0v) is 43.6. The van der Waals surface area contributed by atoms with Gasteiger partial charge in [-0.1, -0.05) is 85.5 Å². The summed E-state index contributed by atoms with van der Waals surface area (Å²) in [5.74, 6) is -0.459. The van der Waals surface area contributed by atoms with Crippen molar-refractivity contribution in [1.29, 1.82) is 10.5 Å². The lowest BCUT2D eigenvalue weighted by atomic mass is 9.98. The Hall–Kier alpha value is -7.23. The zero-order chi connectivity index (χ0) is 53.7. The lowest BCUT2D eigenvalue weighted by Gasteiger charge is -2.16. The number of carbonyl (C=O) groups is 1. The largest absolute Gasteiger partial charge is 0.339 e. The van der Waals surface area contributed by atoms with E-state index in [1.54, 1.807) is 48.5 Å². The normalized spacial score (nSPS) is 12.5. The van der Waals surface area contributed by atoms with Gasteiger partial charge < -0.3 is 16.0 Å². The van der Waals surface area contributed by atoms with Crippen LogP contribution in [0, 0.1) is 35.5 Å². The highest BCUT2D eigenvalue weighted by Crippen LogP contribution is 2.49. The van der Waals surface area contributed by atoms with Gasteiger partial charge in [0, 0.05) is 49.9 Å². The predicted octanol–water partition coefficient (Wildman–Crippen LogP) is 13.5. The third kappa shape index (κ3) is 12.4. The average Bonchev–Trinajstić information content (AvgIpc) is 3.70. The molecule has 0 aliphatic heterocycles. The highest BCUT2D eigenvalue weighted by molar-refractivity contribution is 7.86. The van der Waals surface area contributed by atoms with Crippen molar-refractivity contribution in [2.75, 3.05) is 16.0 Å². The highest BCUT2D eigenvalue weighted by Gasteiger charge is 2.26. The van der Waals surface area contributed by atoms with Gasteiger partial charge in [-0.15, -0.1) is 20.5 Å². The summed E-state index contributed by atoms with van der Waals surface area (Å²) in [6.45, 7) is 5.51. The van der Waals surface area contributed by atoms with E-state index in [1.165, 1.54) is 31.2 Å². The molecule has 0 spiro atoms. The molecule has 2 aromatic heterocycles. The van der Waals surface area contributed by atoms with Crippen molar-refractivity contribution in [1.82, 2.24) is 4.98 Å². The number of halogens is 2. The van der Waals surface area contributed by atoms with Crippen molar-refractivity contribution in [2.24, 2.45) is 26.4 Å². The molecule has 6 N–H and O–H groups in total. The fraction of sp³-hybridized carbons (Fsp3) is 0.167. The van der Waals surface area contributed by atoms with Gasteiger partial charge in [-0.25, -0.2) is 4.98 Å². The number of nitriles is 2. The number of nitrogens with zero attached hydrogens (tertiary/aromatic N) is 7. The molecule has 74 heavy (non-hydrogen) atoms. The number of fused-ring (bicyclic) bond motifs is 1. The van der Waals surface area contributed by atoms with Crippen LogP contribution in [-0.4, -0.2) is 49.8 Å². The fourth-order valence-corrected chi connectivity index (χ4v) is 11.0. The quantitative estimate of drug-likeness (QED) is 0.0344. The van der Waals surface area contributed by atoms with Crippen molar-refractivity contribution in [3.8, 4) is 23.3 Å². The standard InChI is InChI=1S/C48H40Cl2N10O10S4/c1-4-6-8-27(5-2)46(61)55-31-15-11-28(12-16-31)42-37(25-52)47(71-48(42)60-57-33-21-35-34(40(23-33)73(65,66)67)9-7-10-39(35)72(62,63)64)59-58-43-26(3)36(24-51)44(56-45(43)53-30-17-13-29(49)14-18-30)54-32-19-20-38(50)41(22-32)74(68,69)70/h7,9-23,27H,4-6,8H2,1-3H3,(H,55,61)(H2,53,54,56)(H,62,63,64)(H,65,66,67)(H,68,69,70)/b59-58?,60-57+. The monoisotopic (exact) mass is 1110 g/mol. The van der Waals surface area contributed by atoms with Crippen LogP contribution in [0.5, 0.6) is 0 Å². The molecule has 1 amide bonds. The van der Waals surface area contributed by atoms with E-state index in [1.807, 2.05) is 13.8 Å². The van der Waals surface area contributed by atoms with Gasteiger partial charge in [0.05, 0.1) is 16.3 Å². The van der Waals surface area contributed by atoms with Crippen LogP contribution in [0.1, 0.15) is 56.2 Å². The van der Waals surface area contributed by atoms with Gasteiger partial charge in [0.25, 0.3) is 30.4 Å². The smallest absolute Gasteiger partial charge is 0.296 e. The maximum absolute atomic E-state index is 13.2. The second kappa shape index (κ2) is 22.5. The molecular weight excluding hydrogens is 1080 g/mol. The molecular formula is C48H40Cl2N10O10S4. The van der Waals surface area contributed by atoms with Crippen molar-refractivity contribution in [3.05, 3.63) is 124 Å². The van der Waals surface area contributed by atoms with Gasteiger partial charge in [0.1, 0.15) is 43.1 Å². The molecule has 26 heteroatoms. The van der Waals surface area contributed by atoms with E-state index < -0.39 is 45.0 Å². The van der Waals surface area contributed by atoms with Crippen molar-refractivity contribution >= 4 is 132 Å². The summed E-state index contributed by atoms with van der Waals surface area (Å²) in [4.78, 5) is 15.8. The lowest BCUT2D eigenvalue weighted by Crippen LogP contribution is -2.22. The van der Waals surface area contributed by atoms with Crippen LogP contribution in [0.15, 0.2) is 132 Å². The number of hydrogen-bond donors (Lipinski definition) is 6. The lowest BCUT2D eigenvalue weighted by molar-refractivity contribution is -0.120. The number of azo groups is 2. The summed E-state index contributed by atoms with van der Waals surface area (Å²) in [5, 5.41) is 47.4. The minimum Gasteiger partial charge on any atom is -0.339 e. The number of aromatic nitrogens is 1. The van der Waals surface area contributed by atoms with Gasteiger partial charge in [-0.05, 0) is 98.1 Å². The molecule has 0 fully saturated rings. The molecule has 0 bridgehead atoms. The van der Waals surface area contributed by atoms with Gasteiger partial charge in [0.15, 0.2) is 16.6 Å². The molecule has 1 atom stereocenters. The van der Waals surface area contributed by atoms with E-state index >= 15 is 0 Å². The minimum absolute atomic E-state index is 0.00193. The van der Waals surface area contributed by atoms with E-state index in [2.05, 4.69) is 53.5 Å². The first-order valence-corrected chi connectivity index (χ1v) is 27.8. The van der Waals surface area contributed by atoms with E-state index in [9.17, 15) is 54.2 Å². The third-order valence-corrected chi connectivity index (χ3v) is 15.6. The SMILES string of the molecule is CCCCC(CC)C(=O)Nc1ccc(-c2c(/N=N/c3cc(S(=O)(=O)O)c4cccc(S(=O)(=O)O)c4c3)sc(N=Nc3c(Nc4ccc(Cl)cc4)nc(Nc4ccc(Cl)c(S(=O)(=O)O)c4)c(C#N)c3C)c2C#N)cc1. The molecule has 0 radical (unpaired) electrons. The van der Waals surface area contributed by atoms with Crippen molar-refractivity contribution in [3.63, 3.8) is 0 Å².